The van der Waals surface area contributed by atoms with Crippen LogP contribution in [0.2, 0.25) is 5.02 Å². The quantitative estimate of drug-likeness (QED) is 0.553. The van der Waals surface area contributed by atoms with Crippen molar-refractivity contribution >= 4 is 35.3 Å². The fraction of sp³-hybridized carbons (Fsp3) is 0.286. The number of halogens is 1. The SMILES string of the molecule is CC(C)C(NC(=O)c1cccc(Cl)c1)C(=O)N/N=C/c1ccc(N(C)C)cc1. The van der Waals surface area contributed by atoms with Gasteiger partial charge in [0.25, 0.3) is 11.8 Å². The van der Waals surface area contributed by atoms with Crippen LogP contribution in [0.1, 0.15) is 29.8 Å². The maximum atomic E-state index is 12.5. The number of benzene rings is 2. The molecular formula is C21H25ClN4O2. The molecule has 0 saturated carbocycles. The third-order valence-electron chi connectivity index (χ3n) is 4.12. The standard InChI is InChI=1S/C21H25ClN4O2/c1-14(2)19(24-20(27)16-6-5-7-17(22)12-16)21(28)25-23-13-15-8-10-18(11-9-15)26(3)4/h5-14,19H,1-4H3,(H,24,27)(H,25,28)/b23-13+. The molecule has 28 heavy (non-hydrogen) atoms. The van der Waals surface area contributed by atoms with Gasteiger partial charge in [-0.1, -0.05) is 43.6 Å². The minimum Gasteiger partial charge on any atom is -0.378 e. The predicted molar refractivity (Wildman–Crippen MR) is 114 cm³/mol. The van der Waals surface area contributed by atoms with Crippen molar-refractivity contribution in [2.45, 2.75) is 19.9 Å². The van der Waals surface area contributed by atoms with Gasteiger partial charge in [0.1, 0.15) is 6.04 Å². The number of rotatable bonds is 7. The summed E-state index contributed by atoms with van der Waals surface area (Å²) in [6.07, 6.45) is 1.56. The van der Waals surface area contributed by atoms with Crippen molar-refractivity contribution in [3.05, 3.63) is 64.7 Å². The molecule has 148 valence electrons. The Morgan fingerprint density at radius 3 is 2.36 bits per heavy atom. The number of nitrogens with zero attached hydrogens (tertiary/aromatic N) is 2. The van der Waals surface area contributed by atoms with Gasteiger partial charge in [0.15, 0.2) is 0 Å². The smallest absolute Gasteiger partial charge is 0.262 e. The molecule has 0 aromatic heterocycles. The zero-order valence-electron chi connectivity index (χ0n) is 16.4. The first kappa shape index (κ1) is 21.4. The van der Waals surface area contributed by atoms with Crippen LogP contribution in [0.3, 0.4) is 0 Å². The Morgan fingerprint density at radius 2 is 1.79 bits per heavy atom. The highest BCUT2D eigenvalue weighted by molar-refractivity contribution is 6.31. The first-order valence-electron chi connectivity index (χ1n) is 8.94. The summed E-state index contributed by atoms with van der Waals surface area (Å²) in [5.41, 5.74) is 4.83. The minimum absolute atomic E-state index is 0.113. The van der Waals surface area contributed by atoms with Gasteiger partial charge in [0, 0.05) is 30.4 Å². The highest BCUT2D eigenvalue weighted by atomic mass is 35.5. The molecule has 0 radical (unpaired) electrons. The summed E-state index contributed by atoms with van der Waals surface area (Å²) in [6.45, 7) is 3.71. The number of carbonyl (C=O) groups excluding carboxylic acids is 2. The number of hydrogen-bond acceptors (Lipinski definition) is 4. The van der Waals surface area contributed by atoms with Crippen LogP contribution in [0, 0.1) is 5.92 Å². The van der Waals surface area contributed by atoms with E-state index in [1.54, 1.807) is 30.5 Å². The van der Waals surface area contributed by atoms with Crippen molar-refractivity contribution in [3.63, 3.8) is 0 Å². The number of hydrazone groups is 1. The lowest BCUT2D eigenvalue weighted by atomic mass is 10.0. The van der Waals surface area contributed by atoms with Crippen molar-refractivity contribution < 1.29 is 9.59 Å². The molecule has 0 aliphatic carbocycles. The van der Waals surface area contributed by atoms with Crippen molar-refractivity contribution in [1.29, 1.82) is 0 Å². The summed E-state index contributed by atoms with van der Waals surface area (Å²) >= 11 is 5.92. The van der Waals surface area contributed by atoms with E-state index < -0.39 is 6.04 Å². The van der Waals surface area contributed by atoms with Crippen molar-refractivity contribution in [3.8, 4) is 0 Å². The van der Waals surface area contributed by atoms with E-state index in [1.807, 2.05) is 57.1 Å². The largest absolute Gasteiger partial charge is 0.378 e. The molecule has 0 spiro atoms. The third-order valence-corrected chi connectivity index (χ3v) is 4.36. The topological polar surface area (TPSA) is 73.8 Å². The Morgan fingerprint density at radius 1 is 1.11 bits per heavy atom. The Labute approximate surface area is 170 Å². The summed E-state index contributed by atoms with van der Waals surface area (Å²) in [4.78, 5) is 26.9. The number of carbonyl (C=O) groups is 2. The Balaban J connectivity index is 1.99. The van der Waals surface area contributed by atoms with Gasteiger partial charge in [0.05, 0.1) is 6.21 Å². The molecule has 7 heteroatoms. The number of hydrogen-bond donors (Lipinski definition) is 2. The van der Waals surface area contributed by atoms with E-state index in [0.29, 0.717) is 10.6 Å². The number of amides is 2. The van der Waals surface area contributed by atoms with E-state index in [2.05, 4.69) is 15.8 Å². The third kappa shape index (κ3) is 6.09. The molecular weight excluding hydrogens is 376 g/mol. The van der Waals surface area contributed by atoms with Gasteiger partial charge in [-0.05, 0) is 41.8 Å². The first-order chi connectivity index (χ1) is 13.3. The van der Waals surface area contributed by atoms with Crippen LogP contribution in [0.25, 0.3) is 0 Å². The molecule has 0 heterocycles. The van der Waals surface area contributed by atoms with Crippen LogP contribution < -0.4 is 15.6 Å². The normalized spacial score (nSPS) is 12.1. The molecule has 1 atom stereocenters. The van der Waals surface area contributed by atoms with Crippen molar-refractivity contribution in [1.82, 2.24) is 10.7 Å². The van der Waals surface area contributed by atoms with E-state index in [0.717, 1.165) is 11.3 Å². The van der Waals surface area contributed by atoms with E-state index >= 15 is 0 Å². The van der Waals surface area contributed by atoms with Crippen LogP contribution in [-0.2, 0) is 4.79 Å². The lowest BCUT2D eigenvalue weighted by Gasteiger charge is -2.20. The molecule has 0 fully saturated rings. The van der Waals surface area contributed by atoms with Crippen LogP contribution in [-0.4, -0.2) is 38.2 Å². The second-order valence-corrected chi connectivity index (χ2v) is 7.36. The monoisotopic (exact) mass is 400 g/mol. The molecule has 1 unspecified atom stereocenters. The Bertz CT molecular complexity index is 848. The summed E-state index contributed by atoms with van der Waals surface area (Å²) < 4.78 is 0. The molecule has 2 rings (SSSR count). The van der Waals surface area contributed by atoms with Crippen LogP contribution in [0.5, 0.6) is 0 Å². The Kier molecular flexibility index (Phi) is 7.58. The molecule has 6 nitrogen and oxygen atoms in total. The maximum absolute atomic E-state index is 12.5. The second-order valence-electron chi connectivity index (χ2n) is 6.93. The van der Waals surface area contributed by atoms with E-state index in [1.165, 1.54) is 0 Å². The van der Waals surface area contributed by atoms with E-state index in [-0.39, 0.29) is 17.7 Å². The van der Waals surface area contributed by atoms with Gasteiger partial charge in [-0.15, -0.1) is 0 Å². The molecule has 2 N–H and O–H groups in total. The number of anilines is 1. The van der Waals surface area contributed by atoms with Gasteiger partial charge in [-0.2, -0.15) is 5.10 Å². The highest BCUT2D eigenvalue weighted by Crippen LogP contribution is 2.12. The van der Waals surface area contributed by atoms with Gasteiger partial charge in [-0.25, -0.2) is 5.43 Å². The molecule has 0 saturated heterocycles. The van der Waals surface area contributed by atoms with Crippen LogP contribution >= 0.6 is 11.6 Å². The maximum Gasteiger partial charge on any atom is 0.262 e. The van der Waals surface area contributed by atoms with Crippen LogP contribution in [0.4, 0.5) is 5.69 Å². The zero-order valence-corrected chi connectivity index (χ0v) is 17.2. The van der Waals surface area contributed by atoms with Crippen molar-refractivity contribution in [2.75, 3.05) is 19.0 Å². The van der Waals surface area contributed by atoms with Gasteiger partial charge >= 0.3 is 0 Å². The molecule has 0 bridgehead atoms. The lowest BCUT2D eigenvalue weighted by molar-refractivity contribution is -0.123. The average molecular weight is 401 g/mol. The minimum atomic E-state index is -0.722. The number of nitrogens with one attached hydrogen (secondary N) is 2. The van der Waals surface area contributed by atoms with Crippen LogP contribution in [0.15, 0.2) is 53.6 Å². The summed E-state index contributed by atoms with van der Waals surface area (Å²) in [5.74, 6) is -0.858. The molecule has 2 amide bonds. The summed E-state index contributed by atoms with van der Waals surface area (Å²) in [6, 6.07) is 13.6. The van der Waals surface area contributed by atoms with Gasteiger partial charge < -0.3 is 10.2 Å². The lowest BCUT2D eigenvalue weighted by Crippen LogP contribution is -2.48. The second kappa shape index (κ2) is 9.90. The Hall–Kier alpha value is -2.86. The molecule has 2 aromatic carbocycles. The van der Waals surface area contributed by atoms with Gasteiger partial charge in [0.2, 0.25) is 0 Å². The first-order valence-corrected chi connectivity index (χ1v) is 9.32. The predicted octanol–water partition coefficient (Wildman–Crippen LogP) is 3.31. The van der Waals surface area contributed by atoms with Gasteiger partial charge in [-0.3, -0.25) is 9.59 Å². The highest BCUT2D eigenvalue weighted by Gasteiger charge is 2.24. The zero-order chi connectivity index (χ0) is 20.7. The fourth-order valence-electron chi connectivity index (χ4n) is 2.49. The fourth-order valence-corrected chi connectivity index (χ4v) is 2.68. The molecule has 0 aliphatic rings. The van der Waals surface area contributed by atoms with E-state index in [4.69, 9.17) is 11.6 Å². The molecule has 0 aliphatic heterocycles. The van der Waals surface area contributed by atoms with E-state index in [9.17, 15) is 9.59 Å². The summed E-state index contributed by atoms with van der Waals surface area (Å²) in [7, 11) is 3.93. The van der Waals surface area contributed by atoms with Crippen molar-refractivity contribution in [2.24, 2.45) is 11.0 Å². The summed E-state index contributed by atoms with van der Waals surface area (Å²) in [5, 5.41) is 7.20. The average Bonchev–Trinajstić information content (AvgIpc) is 2.65. The molecule has 2 aromatic rings.